The molecule has 1 aliphatic heterocycles. The van der Waals surface area contributed by atoms with Crippen molar-refractivity contribution in [3.05, 3.63) is 48.0 Å². The zero-order valence-electron chi connectivity index (χ0n) is 14.0. The van der Waals surface area contributed by atoms with Gasteiger partial charge < -0.3 is 11.1 Å². The van der Waals surface area contributed by atoms with Crippen molar-refractivity contribution in [1.82, 2.24) is 9.62 Å². The monoisotopic (exact) mass is 361 g/mol. The lowest BCUT2D eigenvalue weighted by atomic mass is 10.0. The Morgan fingerprint density at radius 3 is 2.64 bits per heavy atom. The first-order chi connectivity index (χ1) is 12.0. The predicted octanol–water partition coefficient (Wildman–Crippen LogP) is 1.38. The van der Waals surface area contributed by atoms with E-state index in [-0.39, 0.29) is 30.8 Å². The van der Waals surface area contributed by atoms with E-state index in [2.05, 4.69) is 5.32 Å². The van der Waals surface area contributed by atoms with Crippen molar-refractivity contribution < 1.29 is 13.2 Å². The van der Waals surface area contributed by atoms with Crippen molar-refractivity contribution in [3.63, 3.8) is 0 Å². The number of carbonyl (C=O) groups excluding carboxylic acids is 1. The Balaban J connectivity index is 1.71. The molecule has 1 aliphatic rings. The van der Waals surface area contributed by atoms with Gasteiger partial charge in [-0.25, -0.2) is 8.42 Å². The average Bonchev–Trinajstić information content (AvgIpc) is 2.61. The summed E-state index contributed by atoms with van der Waals surface area (Å²) in [5, 5.41) is 5.06. The highest BCUT2D eigenvalue weighted by atomic mass is 32.2. The maximum atomic E-state index is 12.3. The first-order valence-electron chi connectivity index (χ1n) is 8.45. The lowest BCUT2D eigenvalue weighted by Gasteiger charge is -2.26. The molecule has 25 heavy (non-hydrogen) atoms. The highest BCUT2D eigenvalue weighted by Crippen LogP contribution is 2.20. The molecule has 1 unspecified atom stereocenters. The van der Waals surface area contributed by atoms with Gasteiger partial charge in [0.15, 0.2) is 0 Å². The van der Waals surface area contributed by atoms with E-state index in [1.54, 1.807) is 0 Å². The summed E-state index contributed by atoms with van der Waals surface area (Å²) < 4.78 is 25.3. The van der Waals surface area contributed by atoms with Crippen LogP contribution in [-0.4, -0.2) is 44.0 Å². The standard InChI is InChI=1S/C18H23N3O3S/c19-12-17(16-8-7-14-5-1-2-6-15(14)11-16)20-18(22)13-21-9-3-4-10-25(21,23)24/h1-2,5-8,11,17H,3-4,9-10,12-13,19H2,(H,20,22). The zero-order valence-corrected chi connectivity index (χ0v) is 14.8. The molecule has 0 saturated carbocycles. The molecular weight excluding hydrogens is 338 g/mol. The number of amides is 1. The normalized spacial score (nSPS) is 18.8. The van der Waals surface area contributed by atoms with Crippen molar-refractivity contribution in [2.24, 2.45) is 5.73 Å². The van der Waals surface area contributed by atoms with E-state index in [0.717, 1.165) is 22.8 Å². The molecule has 2 aromatic carbocycles. The third kappa shape index (κ3) is 4.18. The number of benzene rings is 2. The molecule has 0 spiro atoms. The molecule has 2 aromatic rings. The molecule has 134 valence electrons. The smallest absolute Gasteiger partial charge is 0.235 e. The van der Waals surface area contributed by atoms with Gasteiger partial charge in [0.2, 0.25) is 15.9 Å². The van der Waals surface area contributed by atoms with E-state index in [0.29, 0.717) is 13.0 Å². The van der Waals surface area contributed by atoms with Crippen molar-refractivity contribution in [1.29, 1.82) is 0 Å². The first kappa shape index (κ1) is 17.8. The molecule has 1 amide bonds. The topological polar surface area (TPSA) is 92.5 Å². The Kier molecular flexibility index (Phi) is 5.36. The number of nitrogens with zero attached hydrogens (tertiary/aromatic N) is 1. The minimum atomic E-state index is -3.31. The van der Waals surface area contributed by atoms with Gasteiger partial charge in [0, 0.05) is 13.1 Å². The second kappa shape index (κ2) is 7.51. The Labute approximate surface area is 148 Å². The number of hydrogen-bond donors (Lipinski definition) is 2. The Hall–Kier alpha value is -1.96. The van der Waals surface area contributed by atoms with Crippen LogP contribution in [0.1, 0.15) is 24.4 Å². The molecule has 1 fully saturated rings. The van der Waals surface area contributed by atoms with E-state index in [9.17, 15) is 13.2 Å². The van der Waals surface area contributed by atoms with Crippen LogP contribution in [-0.2, 0) is 14.8 Å². The van der Waals surface area contributed by atoms with Gasteiger partial charge in [-0.05, 0) is 35.2 Å². The number of rotatable bonds is 5. The average molecular weight is 361 g/mol. The molecule has 6 nitrogen and oxygen atoms in total. The van der Waals surface area contributed by atoms with Gasteiger partial charge in [0.05, 0.1) is 18.3 Å². The minimum absolute atomic E-state index is 0.116. The van der Waals surface area contributed by atoms with E-state index in [1.807, 2.05) is 42.5 Å². The summed E-state index contributed by atoms with van der Waals surface area (Å²) >= 11 is 0. The summed E-state index contributed by atoms with van der Waals surface area (Å²) in [6.07, 6.45) is 1.44. The van der Waals surface area contributed by atoms with Crippen molar-refractivity contribution in [3.8, 4) is 0 Å². The fraction of sp³-hybridized carbons (Fsp3) is 0.389. The Morgan fingerprint density at radius 1 is 1.16 bits per heavy atom. The fourth-order valence-electron chi connectivity index (χ4n) is 3.12. The molecule has 1 saturated heterocycles. The molecule has 0 aliphatic carbocycles. The van der Waals surface area contributed by atoms with Gasteiger partial charge in [-0.15, -0.1) is 0 Å². The van der Waals surface area contributed by atoms with E-state index < -0.39 is 10.0 Å². The molecule has 3 rings (SSSR count). The van der Waals surface area contributed by atoms with E-state index >= 15 is 0 Å². The zero-order chi connectivity index (χ0) is 17.9. The largest absolute Gasteiger partial charge is 0.347 e. The summed E-state index contributed by atoms with van der Waals surface area (Å²) in [6.45, 7) is 0.502. The maximum absolute atomic E-state index is 12.3. The van der Waals surface area contributed by atoms with Gasteiger partial charge in [0.25, 0.3) is 0 Å². The van der Waals surface area contributed by atoms with Gasteiger partial charge >= 0.3 is 0 Å². The summed E-state index contributed by atoms with van der Waals surface area (Å²) in [4.78, 5) is 12.3. The minimum Gasteiger partial charge on any atom is -0.347 e. The van der Waals surface area contributed by atoms with Crippen LogP contribution in [0.15, 0.2) is 42.5 Å². The number of hydrogen-bond acceptors (Lipinski definition) is 4. The van der Waals surface area contributed by atoms with Gasteiger partial charge in [-0.3, -0.25) is 4.79 Å². The van der Waals surface area contributed by atoms with Crippen LogP contribution in [0.2, 0.25) is 0 Å². The summed E-state index contributed by atoms with van der Waals surface area (Å²) in [5.74, 6) is -0.209. The number of carbonyl (C=O) groups is 1. The first-order valence-corrected chi connectivity index (χ1v) is 10.1. The fourth-order valence-corrected chi connectivity index (χ4v) is 4.67. The van der Waals surface area contributed by atoms with Crippen LogP contribution in [0.4, 0.5) is 0 Å². The number of nitrogens with one attached hydrogen (secondary N) is 1. The molecule has 7 heteroatoms. The lowest BCUT2D eigenvalue weighted by molar-refractivity contribution is -0.122. The van der Waals surface area contributed by atoms with Crippen LogP contribution < -0.4 is 11.1 Å². The quantitative estimate of drug-likeness (QED) is 0.841. The molecule has 0 aromatic heterocycles. The van der Waals surface area contributed by atoms with Crippen molar-refractivity contribution in [2.75, 3.05) is 25.4 Å². The molecule has 1 atom stereocenters. The number of fused-ring (bicyclic) bond motifs is 1. The predicted molar refractivity (Wildman–Crippen MR) is 98.5 cm³/mol. The van der Waals surface area contributed by atoms with Crippen LogP contribution >= 0.6 is 0 Å². The number of sulfonamides is 1. The molecule has 0 bridgehead atoms. The van der Waals surface area contributed by atoms with Gasteiger partial charge in [-0.2, -0.15) is 4.31 Å². The summed E-state index contributed by atoms with van der Waals surface area (Å²) in [5.41, 5.74) is 6.75. The third-order valence-electron chi connectivity index (χ3n) is 4.52. The molecule has 1 heterocycles. The molecular formula is C18H23N3O3S. The maximum Gasteiger partial charge on any atom is 0.235 e. The van der Waals surface area contributed by atoms with Crippen molar-refractivity contribution >= 4 is 26.7 Å². The molecule has 3 N–H and O–H groups in total. The second-order valence-electron chi connectivity index (χ2n) is 6.32. The van der Waals surface area contributed by atoms with E-state index in [1.165, 1.54) is 4.31 Å². The molecule has 0 radical (unpaired) electrons. The summed E-state index contributed by atoms with van der Waals surface area (Å²) in [6, 6.07) is 13.6. The van der Waals surface area contributed by atoms with Crippen LogP contribution in [0.25, 0.3) is 10.8 Å². The van der Waals surface area contributed by atoms with Crippen LogP contribution in [0.5, 0.6) is 0 Å². The second-order valence-corrected chi connectivity index (χ2v) is 8.41. The van der Waals surface area contributed by atoms with Crippen LogP contribution in [0.3, 0.4) is 0 Å². The van der Waals surface area contributed by atoms with E-state index in [4.69, 9.17) is 5.73 Å². The highest BCUT2D eigenvalue weighted by Gasteiger charge is 2.28. The lowest BCUT2D eigenvalue weighted by Crippen LogP contribution is -2.45. The Morgan fingerprint density at radius 2 is 1.92 bits per heavy atom. The Bertz CT molecular complexity index is 867. The highest BCUT2D eigenvalue weighted by molar-refractivity contribution is 7.89. The van der Waals surface area contributed by atoms with Crippen LogP contribution in [0, 0.1) is 0 Å². The summed E-state index contributed by atoms with van der Waals surface area (Å²) in [7, 11) is -3.31. The third-order valence-corrected chi connectivity index (χ3v) is 6.42. The number of nitrogens with two attached hydrogens (primary N) is 1. The van der Waals surface area contributed by atoms with Gasteiger partial charge in [-0.1, -0.05) is 36.4 Å². The SMILES string of the molecule is NCC(NC(=O)CN1CCCCS1(=O)=O)c1ccc2ccccc2c1. The van der Waals surface area contributed by atoms with Gasteiger partial charge in [0.1, 0.15) is 0 Å². The van der Waals surface area contributed by atoms with Crippen molar-refractivity contribution in [2.45, 2.75) is 18.9 Å².